The highest BCUT2D eigenvalue weighted by atomic mass is 19.1. The zero-order valence-electron chi connectivity index (χ0n) is 9.62. The lowest BCUT2D eigenvalue weighted by atomic mass is 10.0. The minimum Gasteiger partial charge on any atom is -0.369 e. The summed E-state index contributed by atoms with van der Waals surface area (Å²) in [6.07, 6.45) is 5.06. The molecule has 0 amide bonds. The summed E-state index contributed by atoms with van der Waals surface area (Å²) < 4.78 is 12.6. The number of likely N-dealkylation sites (N-methyl/N-ethyl adjacent to an activating group) is 1. The molecule has 0 spiro atoms. The van der Waals surface area contributed by atoms with Gasteiger partial charge in [0.05, 0.1) is 6.20 Å². The smallest absolute Gasteiger partial charge is 0.141 e. The van der Waals surface area contributed by atoms with Gasteiger partial charge in [0.1, 0.15) is 11.6 Å². The predicted molar refractivity (Wildman–Crippen MR) is 63.0 cm³/mol. The number of piperidine rings is 1. The fourth-order valence-corrected chi connectivity index (χ4v) is 2.10. The van der Waals surface area contributed by atoms with Gasteiger partial charge in [-0.3, -0.25) is 0 Å². The monoisotopic (exact) mass is 223 g/mol. The summed E-state index contributed by atoms with van der Waals surface area (Å²) in [7, 11) is 2.16. The number of aromatic nitrogens is 1. The van der Waals surface area contributed by atoms with Crippen LogP contribution in [-0.2, 0) is 0 Å². The van der Waals surface area contributed by atoms with Crippen molar-refractivity contribution in [1.29, 1.82) is 0 Å². The molecule has 1 fully saturated rings. The number of hydrogen-bond donors (Lipinski definition) is 1. The summed E-state index contributed by atoms with van der Waals surface area (Å²) in [6.45, 7) is 2.05. The molecule has 0 bridgehead atoms. The maximum atomic E-state index is 12.6. The van der Waals surface area contributed by atoms with Gasteiger partial charge < -0.3 is 10.2 Å². The third-order valence-electron chi connectivity index (χ3n) is 3.17. The van der Waals surface area contributed by atoms with Crippen LogP contribution in [-0.4, -0.2) is 36.1 Å². The van der Waals surface area contributed by atoms with Crippen LogP contribution in [0.25, 0.3) is 0 Å². The van der Waals surface area contributed by atoms with Gasteiger partial charge in [0, 0.05) is 12.6 Å². The van der Waals surface area contributed by atoms with E-state index in [0.29, 0.717) is 6.04 Å². The number of halogens is 1. The van der Waals surface area contributed by atoms with E-state index in [0.717, 1.165) is 12.4 Å². The van der Waals surface area contributed by atoms with Gasteiger partial charge in [-0.25, -0.2) is 9.37 Å². The maximum absolute atomic E-state index is 12.6. The standard InChI is InChI=1S/C12H18FN3/c1-16-7-3-2-4-11(16)9-15-12-6-5-10(13)8-14-12/h5-6,8,11H,2-4,7,9H2,1H3,(H,14,15). The molecule has 1 aromatic heterocycles. The minimum atomic E-state index is -0.291. The summed E-state index contributed by atoms with van der Waals surface area (Å²) in [6, 6.07) is 3.68. The highest BCUT2D eigenvalue weighted by molar-refractivity contribution is 5.33. The van der Waals surface area contributed by atoms with E-state index in [9.17, 15) is 4.39 Å². The third kappa shape index (κ3) is 2.92. The van der Waals surface area contributed by atoms with E-state index in [4.69, 9.17) is 0 Å². The van der Waals surface area contributed by atoms with Crippen LogP contribution >= 0.6 is 0 Å². The quantitative estimate of drug-likeness (QED) is 0.850. The summed E-state index contributed by atoms with van der Waals surface area (Å²) >= 11 is 0. The molecule has 1 saturated heterocycles. The Bertz CT molecular complexity index is 326. The van der Waals surface area contributed by atoms with Gasteiger partial charge in [-0.2, -0.15) is 0 Å². The second-order valence-electron chi connectivity index (χ2n) is 4.37. The van der Waals surface area contributed by atoms with Crippen molar-refractivity contribution >= 4 is 5.82 Å². The van der Waals surface area contributed by atoms with Crippen LogP contribution in [0.15, 0.2) is 18.3 Å². The van der Waals surface area contributed by atoms with Crippen LogP contribution in [0.1, 0.15) is 19.3 Å². The zero-order chi connectivity index (χ0) is 11.4. The van der Waals surface area contributed by atoms with Crippen LogP contribution in [0.2, 0.25) is 0 Å². The molecule has 88 valence electrons. The molecule has 1 unspecified atom stereocenters. The number of likely N-dealkylation sites (tertiary alicyclic amines) is 1. The van der Waals surface area contributed by atoms with E-state index in [1.165, 1.54) is 38.1 Å². The van der Waals surface area contributed by atoms with Crippen molar-refractivity contribution in [3.05, 3.63) is 24.1 Å². The van der Waals surface area contributed by atoms with Gasteiger partial charge in [-0.05, 0) is 38.6 Å². The van der Waals surface area contributed by atoms with Crippen LogP contribution in [0.4, 0.5) is 10.2 Å². The van der Waals surface area contributed by atoms with Crippen molar-refractivity contribution < 1.29 is 4.39 Å². The first-order valence-electron chi connectivity index (χ1n) is 5.81. The third-order valence-corrected chi connectivity index (χ3v) is 3.17. The molecule has 1 aliphatic rings. The summed E-state index contributed by atoms with van der Waals surface area (Å²) in [5, 5.41) is 3.25. The minimum absolute atomic E-state index is 0.291. The first-order valence-corrected chi connectivity index (χ1v) is 5.81. The van der Waals surface area contributed by atoms with Gasteiger partial charge in [0.15, 0.2) is 0 Å². The lowest BCUT2D eigenvalue weighted by Gasteiger charge is -2.32. The van der Waals surface area contributed by atoms with Gasteiger partial charge in [0.2, 0.25) is 0 Å². The molecule has 2 heterocycles. The van der Waals surface area contributed by atoms with Gasteiger partial charge in [-0.1, -0.05) is 6.42 Å². The van der Waals surface area contributed by atoms with E-state index < -0.39 is 0 Å². The Morgan fingerprint density at radius 1 is 1.50 bits per heavy atom. The molecule has 3 nitrogen and oxygen atoms in total. The molecule has 16 heavy (non-hydrogen) atoms. The molecule has 1 N–H and O–H groups in total. The number of rotatable bonds is 3. The van der Waals surface area contributed by atoms with E-state index in [2.05, 4.69) is 22.2 Å². The number of anilines is 1. The zero-order valence-corrected chi connectivity index (χ0v) is 9.62. The molecule has 0 aliphatic carbocycles. The van der Waals surface area contributed by atoms with Crippen LogP contribution < -0.4 is 5.32 Å². The molecular weight excluding hydrogens is 205 g/mol. The Labute approximate surface area is 95.7 Å². The van der Waals surface area contributed by atoms with Crippen LogP contribution in [0, 0.1) is 5.82 Å². The second kappa shape index (κ2) is 5.25. The van der Waals surface area contributed by atoms with Crippen LogP contribution in [0.3, 0.4) is 0 Å². The number of nitrogens with zero attached hydrogens (tertiary/aromatic N) is 2. The molecule has 0 saturated carbocycles. The Hall–Kier alpha value is -1.16. The van der Waals surface area contributed by atoms with Gasteiger partial charge in [-0.15, -0.1) is 0 Å². The van der Waals surface area contributed by atoms with Crippen molar-refractivity contribution in [2.75, 3.05) is 25.5 Å². The molecule has 0 radical (unpaired) electrons. The van der Waals surface area contributed by atoms with Crippen molar-refractivity contribution in [1.82, 2.24) is 9.88 Å². The average molecular weight is 223 g/mol. The molecule has 1 atom stereocenters. The maximum Gasteiger partial charge on any atom is 0.141 e. The summed E-state index contributed by atoms with van der Waals surface area (Å²) in [5.74, 6) is 0.459. The first-order chi connectivity index (χ1) is 7.75. The molecular formula is C12H18FN3. The average Bonchev–Trinajstić information content (AvgIpc) is 2.30. The molecule has 1 aliphatic heterocycles. The van der Waals surface area contributed by atoms with E-state index >= 15 is 0 Å². The topological polar surface area (TPSA) is 28.2 Å². The second-order valence-corrected chi connectivity index (χ2v) is 4.37. The number of hydrogen-bond acceptors (Lipinski definition) is 3. The SMILES string of the molecule is CN1CCCCC1CNc1ccc(F)cn1. The first kappa shape index (κ1) is 11.3. The summed E-state index contributed by atoms with van der Waals surface area (Å²) in [4.78, 5) is 6.36. The molecule has 4 heteroatoms. The summed E-state index contributed by atoms with van der Waals surface area (Å²) in [5.41, 5.74) is 0. The van der Waals surface area contributed by atoms with Crippen LogP contribution in [0.5, 0.6) is 0 Å². The Morgan fingerprint density at radius 2 is 2.38 bits per heavy atom. The number of nitrogens with one attached hydrogen (secondary N) is 1. The highest BCUT2D eigenvalue weighted by Gasteiger charge is 2.18. The molecule has 2 rings (SSSR count). The lowest BCUT2D eigenvalue weighted by molar-refractivity contribution is 0.194. The van der Waals surface area contributed by atoms with E-state index in [1.54, 1.807) is 6.07 Å². The highest BCUT2D eigenvalue weighted by Crippen LogP contribution is 2.15. The fraction of sp³-hybridized carbons (Fsp3) is 0.583. The van der Waals surface area contributed by atoms with E-state index in [-0.39, 0.29) is 5.82 Å². The van der Waals surface area contributed by atoms with Crippen molar-refractivity contribution in [3.8, 4) is 0 Å². The van der Waals surface area contributed by atoms with Gasteiger partial charge >= 0.3 is 0 Å². The largest absolute Gasteiger partial charge is 0.369 e. The Morgan fingerprint density at radius 3 is 3.06 bits per heavy atom. The van der Waals surface area contributed by atoms with Gasteiger partial charge in [0.25, 0.3) is 0 Å². The molecule has 0 aromatic carbocycles. The fourth-order valence-electron chi connectivity index (χ4n) is 2.10. The normalized spacial score (nSPS) is 22.0. The Balaban J connectivity index is 1.84. The van der Waals surface area contributed by atoms with Crippen molar-refractivity contribution in [2.45, 2.75) is 25.3 Å². The van der Waals surface area contributed by atoms with E-state index in [1.807, 2.05) is 0 Å². The molecule has 1 aromatic rings. The number of pyridine rings is 1. The van der Waals surface area contributed by atoms with Crippen molar-refractivity contribution in [2.24, 2.45) is 0 Å². The Kier molecular flexibility index (Phi) is 3.72. The van der Waals surface area contributed by atoms with Crippen molar-refractivity contribution in [3.63, 3.8) is 0 Å². The lowest BCUT2D eigenvalue weighted by Crippen LogP contribution is -2.40. The predicted octanol–water partition coefficient (Wildman–Crippen LogP) is 2.12.